The van der Waals surface area contributed by atoms with Crippen molar-refractivity contribution in [2.24, 2.45) is 0 Å². The van der Waals surface area contributed by atoms with E-state index in [2.05, 4.69) is 94.4 Å². The monoisotopic (exact) mass is 529 g/mol. The molecule has 0 radical (unpaired) electrons. The fraction of sp³-hybridized carbons (Fsp3) is 0.406. The van der Waals surface area contributed by atoms with Crippen LogP contribution in [0.25, 0.3) is 0 Å². The number of nitrogens with one attached hydrogen (secondary N) is 2. The molecule has 1 aliphatic heterocycles. The molecule has 0 amide bonds. The Bertz CT molecular complexity index is 1210. The zero-order chi connectivity index (χ0) is 26.4. The van der Waals surface area contributed by atoms with Gasteiger partial charge in [-0.3, -0.25) is 4.90 Å². The third-order valence-corrected chi connectivity index (χ3v) is 8.70. The van der Waals surface area contributed by atoms with Gasteiger partial charge in [0.1, 0.15) is 0 Å². The summed E-state index contributed by atoms with van der Waals surface area (Å²) < 4.78 is 11.2. The summed E-state index contributed by atoms with van der Waals surface area (Å²) in [6, 6.07) is 28.7. The van der Waals surface area contributed by atoms with Crippen molar-refractivity contribution in [2.45, 2.75) is 56.1 Å². The van der Waals surface area contributed by atoms with Crippen LogP contribution in [-0.4, -0.2) is 49.4 Å². The van der Waals surface area contributed by atoms with Gasteiger partial charge in [-0.25, -0.2) is 0 Å². The molecule has 38 heavy (non-hydrogen) atoms. The van der Waals surface area contributed by atoms with Crippen molar-refractivity contribution in [3.8, 4) is 11.5 Å². The lowest BCUT2D eigenvalue weighted by molar-refractivity contribution is 0.134. The number of hydrogen-bond acceptors (Lipinski definition) is 4. The van der Waals surface area contributed by atoms with E-state index in [9.17, 15) is 0 Å². The molecule has 3 aromatic carbocycles. The molecule has 0 spiro atoms. The van der Waals surface area contributed by atoms with E-state index in [1.54, 1.807) is 14.2 Å². The quantitative estimate of drug-likeness (QED) is 0.358. The molecule has 0 unspecified atom stereocenters. The summed E-state index contributed by atoms with van der Waals surface area (Å²) in [6.07, 6.45) is 5.37. The average molecular weight is 530 g/mol. The highest BCUT2D eigenvalue weighted by Gasteiger charge is 2.51. The van der Waals surface area contributed by atoms with E-state index in [1.807, 2.05) is 0 Å². The van der Waals surface area contributed by atoms with Crippen molar-refractivity contribution in [1.29, 1.82) is 0 Å². The van der Waals surface area contributed by atoms with Crippen LogP contribution in [0.3, 0.4) is 0 Å². The van der Waals surface area contributed by atoms with Crippen LogP contribution in [-0.2, 0) is 18.4 Å². The molecular formula is C32H39N3O2S. The normalized spacial score (nSPS) is 22.9. The van der Waals surface area contributed by atoms with Gasteiger partial charge in [0.25, 0.3) is 0 Å². The van der Waals surface area contributed by atoms with Crippen LogP contribution in [0.15, 0.2) is 78.9 Å². The molecule has 2 N–H and O–H groups in total. The Morgan fingerprint density at radius 2 is 1.63 bits per heavy atom. The number of hydrogen-bond donors (Lipinski definition) is 2. The van der Waals surface area contributed by atoms with Crippen molar-refractivity contribution in [3.05, 3.63) is 95.6 Å². The number of ether oxygens (including phenoxy) is 2. The molecule has 1 saturated carbocycles. The zero-order valence-electron chi connectivity index (χ0n) is 22.5. The molecule has 1 aliphatic carbocycles. The van der Waals surface area contributed by atoms with Crippen molar-refractivity contribution in [1.82, 2.24) is 15.5 Å². The van der Waals surface area contributed by atoms with E-state index in [1.165, 1.54) is 16.7 Å². The highest BCUT2D eigenvalue weighted by Crippen LogP contribution is 2.50. The molecule has 1 heterocycles. The smallest absolute Gasteiger partial charge is 0.166 e. The van der Waals surface area contributed by atoms with Crippen LogP contribution in [0, 0.1) is 0 Å². The van der Waals surface area contributed by atoms with E-state index in [4.69, 9.17) is 21.7 Å². The highest BCUT2D eigenvalue weighted by molar-refractivity contribution is 7.80. The maximum Gasteiger partial charge on any atom is 0.166 e. The number of rotatable bonds is 9. The van der Waals surface area contributed by atoms with Crippen LogP contribution in [0.2, 0.25) is 0 Å². The molecule has 200 valence electrons. The summed E-state index contributed by atoms with van der Waals surface area (Å²) in [5.41, 5.74) is 4.14. The number of methoxy groups -OCH3 is 2. The number of benzene rings is 3. The molecule has 5 rings (SSSR count). The summed E-state index contributed by atoms with van der Waals surface area (Å²) in [5.74, 6) is 1.59. The Labute approximate surface area is 232 Å². The summed E-state index contributed by atoms with van der Waals surface area (Å²) in [4.78, 5) is 2.69. The molecule has 2 fully saturated rings. The average Bonchev–Trinajstić information content (AvgIpc) is 3.32. The molecule has 6 heteroatoms. The van der Waals surface area contributed by atoms with E-state index in [-0.39, 0.29) is 5.41 Å². The predicted molar refractivity (Wildman–Crippen MR) is 158 cm³/mol. The predicted octanol–water partition coefficient (Wildman–Crippen LogP) is 5.48. The Morgan fingerprint density at radius 1 is 0.921 bits per heavy atom. The standard InChI is InChI=1S/C32H39N3O2S/c1-36-28-14-13-26(21-29(28)37-2)32-17-15-27(34-31(38)33-19-16-24-9-5-3-6-10-24)22-30(32)35(20-18-32)23-25-11-7-4-8-12-25/h3-14,21,27,30H,15-20,22-23H2,1-2H3,(H2,33,34,38)/t27-,30+,32+/m1/s1. The second-order valence-corrected chi connectivity index (χ2v) is 11.0. The minimum absolute atomic E-state index is 0.0921. The van der Waals surface area contributed by atoms with Gasteiger partial charge in [-0.15, -0.1) is 0 Å². The van der Waals surface area contributed by atoms with Crippen molar-refractivity contribution < 1.29 is 9.47 Å². The van der Waals surface area contributed by atoms with Crippen LogP contribution in [0.5, 0.6) is 11.5 Å². The maximum absolute atomic E-state index is 5.72. The van der Waals surface area contributed by atoms with Crippen LogP contribution < -0.4 is 20.1 Å². The maximum atomic E-state index is 5.72. The van der Waals surface area contributed by atoms with Gasteiger partial charge in [-0.2, -0.15) is 0 Å². The number of fused-ring (bicyclic) bond motifs is 1. The van der Waals surface area contributed by atoms with Gasteiger partial charge in [0.05, 0.1) is 14.2 Å². The third-order valence-electron chi connectivity index (χ3n) is 8.43. The van der Waals surface area contributed by atoms with Gasteiger partial charge in [0, 0.05) is 30.6 Å². The lowest BCUT2D eigenvalue weighted by atomic mass is 9.65. The number of likely N-dealkylation sites (tertiary alicyclic amines) is 1. The highest BCUT2D eigenvalue weighted by atomic mass is 32.1. The molecule has 2 aliphatic rings. The Balaban J connectivity index is 1.31. The fourth-order valence-electron chi connectivity index (χ4n) is 6.47. The first kappa shape index (κ1) is 26.5. The third kappa shape index (κ3) is 5.82. The lowest BCUT2D eigenvalue weighted by Crippen LogP contribution is -2.53. The first-order valence-electron chi connectivity index (χ1n) is 13.7. The molecule has 3 atom stereocenters. The summed E-state index contributed by atoms with van der Waals surface area (Å²) >= 11 is 5.72. The summed E-state index contributed by atoms with van der Waals surface area (Å²) in [6.45, 7) is 2.88. The minimum Gasteiger partial charge on any atom is -0.493 e. The fourth-order valence-corrected chi connectivity index (χ4v) is 6.74. The first-order chi connectivity index (χ1) is 18.6. The second-order valence-electron chi connectivity index (χ2n) is 10.6. The zero-order valence-corrected chi connectivity index (χ0v) is 23.3. The largest absolute Gasteiger partial charge is 0.493 e. The van der Waals surface area contributed by atoms with E-state index in [0.29, 0.717) is 12.1 Å². The van der Waals surface area contributed by atoms with Gasteiger partial charge in [-0.1, -0.05) is 66.7 Å². The van der Waals surface area contributed by atoms with Gasteiger partial charge in [-0.05, 0) is 79.7 Å². The van der Waals surface area contributed by atoms with E-state index < -0.39 is 0 Å². The number of nitrogens with zero attached hydrogens (tertiary/aromatic N) is 1. The van der Waals surface area contributed by atoms with Gasteiger partial charge in [0.2, 0.25) is 0 Å². The van der Waals surface area contributed by atoms with Gasteiger partial charge in [0.15, 0.2) is 16.6 Å². The molecule has 1 saturated heterocycles. The van der Waals surface area contributed by atoms with Crippen molar-refractivity contribution in [2.75, 3.05) is 27.3 Å². The molecular weight excluding hydrogens is 490 g/mol. The lowest BCUT2D eigenvalue weighted by Gasteiger charge is -2.46. The van der Waals surface area contributed by atoms with E-state index >= 15 is 0 Å². The van der Waals surface area contributed by atoms with E-state index in [0.717, 1.165) is 68.3 Å². The first-order valence-corrected chi connectivity index (χ1v) is 14.1. The Hall–Kier alpha value is -3.09. The Kier molecular flexibility index (Phi) is 8.50. The summed E-state index contributed by atoms with van der Waals surface area (Å²) in [5, 5.41) is 7.86. The van der Waals surface area contributed by atoms with Crippen molar-refractivity contribution in [3.63, 3.8) is 0 Å². The van der Waals surface area contributed by atoms with Crippen molar-refractivity contribution >= 4 is 17.3 Å². The second kappa shape index (κ2) is 12.2. The SMILES string of the molecule is COc1ccc([C@@]23CC[C@@H](NC(=S)NCCc4ccccc4)C[C@@H]2N(Cc2ccccc2)CC3)cc1OC. The molecule has 0 bridgehead atoms. The van der Waals surface area contributed by atoms with Crippen LogP contribution >= 0.6 is 12.2 Å². The minimum atomic E-state index is 0.0921. The van der Waals surface area contributed by atoms with Gasteiger partial charge >= 0.3 is 0 Å². The molecule has 0 aromatic heterocycles. The topological polar surface area (TPSA) is 45.8 Å². The summed E-state index contributed by atoms with van der Waals surface area (Å²) in [7, 11) is 3.42. The molecule has 5 nitrogen and oxygen atoms in total. The number of thiocarbonyl (C=S) groups is 1. The van der Waals surface area contributed by atoms with Crippen LogP contribution in [0.4, 0.5) is 0 Å². The Morgan fingerprint density at radius 3 is 2.34 bits per heavy atom. The molecule has 3 aromatic rings. The van der Waals surface area contributed by atoms with Gasteiger partial charge < -0.3 is 20.1 Å². The van der Waals surface area contributed by atoms with Crippen LogP contribution in [0.1, 0.15) is 42.4 Å².